The van der Waals surface area contributed by atoms with E-state index in [2.05, 4.69) is 23.5 Å². The average Bonchev–Trinajstić information content (AvgIpc) is 3.49. The van der Waals surface area contributed by atoms with E-state index in [9.17, 15) is 9.59 Å². The normalized spacial score (nSPS) is 15.2. The van der Waals surface area contributed by atoms with Gasteiger partial charge in [-0.1, -0.05) is 54.9 Å². The molecule has 4 aromatic rings. The van der Waals surface area contributed by atoms with E-state index in [1.165, 1.54) is 0 Å². The number of thioether (sulfide) groups is 1. The number of unbranched alkanes of at least 4 members (excludes halogenated alkanes) is 1. The molecule has 5 rings (SSSR count). The van der Waals surface area contributed by atoms with Gasteiger partial charge in [-0.05, 0) is 66.9 Å². The summed E-state index contributed by atoms with van der Waals surface area (Å²) in [5.41, 5.74) is 3.76. The van der Waals surface area contributed by atoms with Gasteiger partial charge in [-0.15, -0.1) is 0 Å². The molecule has 0 aliphatic carbocycles. The fourth-order valence-corrected chi connectivity index (χ4v) is 5.25. The summed E-state index contributed by atoms with van der Waals surface area (Å²) in [5.74, 6) is 2.05. The lowest BCUT2D eigenvalue weighted by Crippen LogP contribution is -2.20. The van der Waals surface area contributed by atoms with E-state index in [1.807, 2.05) is 60.7 Å². The molecular weight excluding hydrogens is 488 g/mol. The van der Waals surface area contributed by atoms with Gasteiger partial charge in [0.1, 0.15) is 22.3 Å². The average molecular weight is 517 g/mol. The second kappa shape index (κ2) is 11.5. The first-order chi connectivity index (χ1) is 18.1. The maximum absolute atomic E-state index is 11.9. The van der Waals surface area contributed by atoms with Crippen molar-refractivity contribution in [1.82, 2.24) is 10.5 Å². The topological polar surface area (TPSA) is 90.7 Å². The monoisotopic (exact) mass is 516 g/mol. The van der Waals surface area contributed by atoms with Crippen LogP contribution in [-0.4, -0.2) is 29.5 Å². The minimum atomic E-state index is -0.521. The highest BCUT2D eigenvalue weighted by Crippen LogP contribution is 2.37. The highest BCUT2D eigenvalue weighted by Gasteiger charge is 2.33. The van der Waals surface area contributed by atoms with Crippen LogP contribution in [0.2, 0.25) is 0 Å². The molecule has 0 saturated carbocycles. The molecule has 3 aromatic carbocycles. The minimum Gasteiger partial charge on any atom is -0.494 e. The van der Waals surface area contributed by atoms with Crippen LogP contribution in [0.15, 0.2) is 71.3 Å². The van der Waals surface area contributed by atoms with E-state index in [0.717, 1.165) is 76.5 Å². The number of ether oxygens (including phenoxy) is 2. The van der Waals surface area contributed by atoms with E-state index in [0.29, 0.717) is 19.0 Å². The first-order valence-corrected chi connectivity index (χ1v) is 13.4. The van der Waals surface area contributed by atoms with Gasteiger partial charge in [0.2, 0.25) is 5.91 Å². The first-order valence-electron chi connectivity index (χ1n) is 12.5. The molecule has 2 heterocycles. The van der Waals surface area contributed by atoms with E-state index in [1.54, 1.807) is 0 Å². The molecule has 1 aliphatic rings. The number of benzene rings is 3. The van der Waals surface area contributed by atoms with Crippen molar-refractivity contribution >= 4 is 33.8 Å². The Morgan fingerprint density at radius 2 is 1.78 bits per heavy atom. The lowest BCUT2D eigenvalue weighted by Gasteiger charge is -2.14. The number of hydrogen-bond donors (Lipinski definition) is 1. The molecule has 1 aromatic heterocycles. The number of fused-ring (bicyclic) bond motifs is 1. The van der Waals surface area contributed by atoms with Crippen molar-refractivity contribution in [3.8, 4) is 22.8 Å². The van der Waals surface area contributed by atoms with Gasteiger partial charge in [-0.3, -0.25) is 14.9 Å². The lowest BCUT2D eigenvalue weighted by molar-refractivity contribution is -0.119. The number of aromatic nitrogens is 1. The zero-order valence-corrected chi connectivity index (χ0v) is 21.4. The van der Waals surface area contributed by atoms with Gasteiger partial charge in [-0.25, -0.2) is 0 Å². The number of nitrogens with one attached hydrogen (secondary N) is 1. The molecule has 1 saturated heterocycles. The van der Waals surface area contributed by atoms with Crippen molar-refractivity contribution in [3.05, 3.63) is 77.9 Å². The minimum absolute atomic E-state index is 0.285. The van der Waals surface area contributed by atoms with Crippen molar-refractivity contribution in [1.29, 1.82) is 0 Å². The number of carbonyl (C=O) groups is 2. The summed E-state index contributed by atoms with van der Waals surface area (Å²) in [4.78, 5) is 23.4. The van der Waals surface area contributed by atoms with E-state index in [-0.39, 0.29) is 11.1 Å². The lowest BCUT2D eigenvalue weighted by atomic mass is 9.98. The summed E-state index contributed by atoms with van der Waals surface area (Å²) < 4.78 is 17.8. The maximum atomic E-state index is 11.9. The molecule has 37 heavy (non-hydrogen) atoms. The maximum Gasteiger partial charge on any atom is 0.286 e. The summed E-state index contributed by atoms with van der Waals surface area (Å²) in [6.07, 6.45) is 3.51. The van der Waals surface area contributed by atoms with Crippen LogP contribution in [0.4, 0.5) is 4.79 Å². The van der Waals surface area contributed by atoms with Crippen LogP contribution in [-0.2, 0) is 11.2 Å². The number of imide groups is 1. The van der Waals surface area contributed by atoms with Gasteiger partial charge in [0, 0.05) is 16.5 Å². The van der Waals surface area contributed by atoms with Gasteiger partial charge in [-0.2, -0.15) is 0 Å². The van der Waals surface area contributed by atoms with Crippen LogP contribution in [0.3, 0.4) is 0 Å². The summed E-state index contributed by atoms with van der Waals surface area (Å²) in [7, 11) is 0. The van der Waals surface area contributed by atoms with Crippen molar-refractivity contribution in [2.75, 3.05) is 13.2 Å². The van der Waals surface area contributed by atoms with Crippen LogP contribution >= 0.6 is 11.8 Å². The molecule has 1 aliphatic heterocycles. The van der Waals surface area contributed by atoms with Crippen molar-refractivity contribution in [2.24, 2.45) is 0 Å². The Kier molecular flexibility index (Phi) is 7.75. The number of rotatable bonds is 11. The van der Waals surface area contributed by atoms with Crippen LogP contribution in [0.5, 0.6) is 11.5 Å². The summed E-state index contributed by atoms with van der Waals surface area (Å²) in [5, 5.41) is 6.69. The highest BCUT2D eigenvalue weighted by atomic mass is 32.2. The number of amides is 2. The molecule has 0 bridgehead atoms. The molecule has 2 amide bonds. The molecule has 0 spiro atoms. The number of hydrogen-bond acceptors (Lipinski definition) is 7. The Hall–Kier alpha value is -3.78. The van der Waals surface area contributed by atoms with Gasteiger partial charge in [0.05, 0.1) is 13.2 Å². The zero-order valence-electron chi connectivity index (χ0n) is 20.6. The fourth-order valence-electron chi connectivity index (χ4n) is 4.42. The molecule has 1 fully saturated rings. The molecule has 190 valence electrons. The smallest absolute Gasteiger partial charge is 0.286 e. The molecule has 1 N–H and O–H groups in total. The molecule has 1 unspecified atom stereocenters. The van der Waals surface area contributed by atoms with E-state index >= 15 is 0 Å². The van der Waals surface area contributed by atoms with Crippen molar-refractivity contribution in [3.63, 3.8) is 0 Å². The van der Waals surface area contributed by atoms with Gasteiger partial charge in [0.25, 0.3) is 5.24 Å². The predicted molar refractivity (Wildman–Crippen MR) is 144 cm³/mol. The van der Waals surface area contributed by atoms with Crippen LogP contribution in [0, 0.1) is 0 Å². The summed E-state index contributed by atoms with van der Waals surface area (Å²) >= 11 is 0.992. The van der Waals surface area contributed by atoms with Crippen LogP contribution in [0.1, 0.15) is 42.6 Å². The fraction of sp³-hybridized carbons (Fsp3) is 0.276. The Morgan fingerprint density at radius 3 is 2.59 bits per heavy atom. The molecule has 7 nitrogen and oxygen atoms in total. The van der Waals surface area contributed by atoms with Crippen molar-refractivity contribution < 1.29 is 23.6 Å². The SMILES string of the molecule is CCCc1c(OCCCCOc2cccc(C3SC(=O)NC3=O)c2)cccc1-c1onc2ccccc12. The molecular formula is C29H28N2O5S. The second-order valence-corrected chi connectivity index (χ2v) is 9.89. The number of carbonyl (C=O) groups excluding carboxylic acids is 2. The van der Waals surface area contributed by atoms with E-state index in [4.69, 9.17) is 14.0 Å². The summed E-state index contributed by atoms with van der Waals surface area (Å²) in [6, 6.07) is 21.3. The zero-order chi connectivity index (χ0) is 25.6. The molecule has 8 heteroatoms. The van der Waals surface area contributed by atoms with Crippen LogP contribution in [0.25, 0.3) is 22.2 Å². The highest BCUT2D eigenvalue weighted by molar-refractivity contribution is 8.15. The first kappa shape index (κ1) is 24.9. The third kappa shape index (κ3) is 5.64. The van der Waals surface area contributed by atoms with Gasteiger partial charge >= 0.3 is 0 Å². The predicted octanol–water partition coefficient (Wildman–Crippen LogP) is 6.71. The van der Waals surface area contributed by atoms with Gasteiger partial charge < -0.3 is 14.0 Å². The number of nitrogens with zero attached hydrogens (tertiary/aromatic N) is 1. The Balaban J connectivity index is 1.16. The van der Waals surface area contributed by atoms with Crippen LogP contribution < -0.4 is 14.8 Å². The van der Waals surface area contributed by atoms with Crippen molar-refractivity contribution in [2.45, 2.75) is 37.9 Å². The third-order valence-electron chi connectivity index (χ3n) is 6.18. The molecule has 0 radical (unpaired) electrons. The Bertz CT molecular complexity index is 1420. The van der Waals surface area contributed by atoms with E-state index < -0.39 is 5.25 Å². The quantitative estimate of drug-likeness (QED) is 0.222. The van der Waals surface area contributed by atoms with Gasteiger partial charge in [0.15, 0.2) is 5.76 Å². The second-order valence-electron chi connectivity index (χ2n) is 8.81. The molecule has 1 atom stereocenters. The Morgan fingerprint density at radius 1 is 0.973 bits per heavy atom. The summed E-state index contributed by atoms with van der Waals surface area (Å²) in [6.45, 7) is 3.25. The Labute approximate surface area is 219 Å². The third-order valence-corrected chi connectivity index (χ3v) is 7.21. The largest absolute Gasteiger partial charge is 0.494 e. The standard InChI is InChI=1S/C29H28N2O5S/c1-2-9-21-22(26-23-12-3-4-14-24(23)31-36-26)13-8-15-25(21)35-17-6-5-16-34-20-11-7-10-19(18-20)27-28(32)30-29(33)37-27/h3-4,7-8,10-15,18,27H,2,5-6,9,16-17H2,1H3,(H,30,32,33).